The maximum atomic E-state index is 4.06. The Kier molecular flexibility index (Phi) is 3.29. The van der Waals surface area contributed by atoms with Gasteiger partial charge >= 0.3 is 0 Å². The molecule has 0 spiro atoms. The van der Waals surface area contributed by atoms with Crippen molar-refractivity contribution in [2.45, 2.75) is 6.54 Å². The predicted octanol–water partition coefficient (Wildman–Crippen LogP) is 2.85. The number of nitrogens with zero attached hydrogens (tertiary/aromatic N) is 2. The lowest BCUT2D eigenvalue weighted by atomic mass is 10.3. The molecule has 0 bridgehead atoms. The van der Waals surface area contributed by atoms with Gasteiger partial charge in [0.25, 0.3) is 0 Å². The minimum absolute atomic E-state index is 0.760. The lowest BCUT2D eigenvalue weighted by Gasteiger charge is -2.07. The highest BCUT2D eigenvalue weighted by Gasteiger charge is 1.97. The Morgan fingerprint density at radius 2 is 2.00 bits per heavy atom. The average Bonchev–Trinajstić information content (AvgIpc) is 2.29. The summed E-state index contributed by atoms with van der Waals surface area (Å²) in [5, 5.41) is 3.30. The predicted molar refractivity (Wildman–Crippen MR) is 63.5 cm³/mol. The fourth-order valence-corrected chi connectivity index (χ4v) is 1.61. The minimum Gasteiger partial charge on any atom is -0.380 e. The van der Waals surface area contributed by atoms with E-state index in [2.05, 4.69) is 31.2 Å². The third-order valence-electron chi connectivity index (χ3n) is 1.98. The molecule has 0 aliphatic carbocycles. The summed E-state index contributed by atoms with van der Waals surface area (Å²) in [7, 11) is 0. The van der Waals surface area contributed by atoms with Crippen molar-refractivity contribution in [3.8, 4) is 0 Å². The van der Waals surface area contributed by atoms with E-state index >= 15 is 0 Å². The third kappa shape index (κ3) is 2.76. The Morgan fingerprint density at radius 3 is 2.73 bits per heavy atom. The van der Waals surface area contributed by atoms with Crippen molar-refractivity contribution in [3.05, 3.63) is 53.0 Å². The molecular formula is C11H10BrN3. The summed E-state index contributed by atoms with van der Waals surface area (Å²) in [6.07, 6.45) is 7.15. The molecule has 0 atom stereocenters. The van der Waals surface area contributed by atoms with Gasteiger partial charge in [0, 0.05) is 31.3 Å². The summed E-state index contributed by atoms with van der Waals surface area (Å²) < 4.78 is 0.967. The lowest BCUT2D eigenvalue weighted by molar-refractivity contribution is 1.10. The summed E-state index contributed by atoms with van der Waals surface area (Å²) in [4.78, 5) is 8.06. The molecule has 0 aliphatic rings. The Balaban J connectivity index is 2.03. The topological polar surface area (TPSA) is 37.8 Å². The van der Waals surface area contributed by atoms with Crippen molar-refractivity contribution in [2.75, 3.05) is 5.32 Å². The normalized spacial score (nSPS) is 9.93. The molecule has 3 nitrogen and oxygen atoms in total. The number of hydrogen-bond acceptors (Lipinski definition) is 3. The van der Waals surface area contributed by atoms with Gasteiger partial charge in [-0.15, -0.1) is 0 Å². The van der Waals surface area contributed by atoms with Gasteiger partial charge in [0.1, 0.15) is 0 Å². The second kappa shape index (κ2) is 4.89. The molecule has 2 heterocycles. The molecule has 0 unspecified atom stereocenters. The van der Waals surface area contributed by atoms with E-state index in [1.54, 1.807) is 18.6 Å². The Hall–Kier alpha value is -1.42. The fourth-order valence-electron chi connectivity index (χ4n) is 1.22. The highest BCUT2D eigenvalue weighted by molar-refractivity contribution is 9.10. The standard InChI is InChI=1S/C11H10BrN3/c12-10-8-14-5-3-11(10)15-7-9-2-1-4-13-6-9/h1-6,8H,7H2,(H,14,15). The molecule has 0 radical (unpaired) electrons. The van der Waals surface area contributed by atoms with Gasteiger partial charge in [-0.25, -0.2) is 0 Å². The van der Waals surface area contributed by atoms with Crippen LogP contribution in [0.15, 0.2) is 47.5 Å². The largest absolute Gasteiger partial charge is 0.380 e. The van der Waals surface area contributed by atoms with Crippen molar-refractivity contribution in [3.63, 3.8) is 0 Å². The number of aromatic nitrogens is 2. The van der Waals surface area contributed by atoms with Crippen molar-refractivity contribution >= 4 is 21.6 Å². The van der Waals surface area contributed by atoms with Crippen molar-refractivity contribution < 1.29 is 0 Å². The molecular weight excluding hydrogens is 254 g/mol. The van der Waals surface area contributed by atoms with Crippen molar-refractivity contribution in [1.29, 1.82) is 0 Å². The van der Waals surface area contributed by atoms with Gasteiger partial charge in [-0.1, -0.05) is 6.07 Å². The number of nitrogens with one attached hydrogen (secondary N) is 1. The number of pyridine rings is 2. The molecule has 0 fully saturated rings. The Labute approximate surface area is 96.7 Å². The molecule has 76 valence electrons. The molecule has 2 aromatic rings. The van der Waals surface area contributed by atoms with Crippen LogP contribution in [0, 0.1) is 0 Å². The van der Waals surface area contributed by atoms with Crippen molar-refractivity contribution in [2.24, 2.45) is 0 Å². The smallest absolute Gasteiger partial charge is 0.0590 e. The van der Waals surface area contributed by atoms with Crippen LogP contribution in [0.3, 0.4) is 0 Å². The first-order chi connectivity index (χ1) is 7.36. The van der Waals surface area contributed by atoms with E-state index < -0.39 is 0 Å². The highest BCUT2D eigenvalue weighted by Crippen LogP contribution is 2.20. The van der Waals surface area contributed by atoms with Crippen molar-refractivity contribution in [1.82, 2.24) is 9.97 Å². The Morgan fingerprint density at radius 1 is 1.13 bits per heavy atom. The van der Waals surface area contributed by atoms with Crippen LogP contribution in [0.2, 0.25) is 0 Å². The van der Waals surface area contributed by atoms with Crippen LogP contribution in [0.25, 0.3) is 0 Å². The van der Waals surface area contributed by atoms with Crippen LogP contribution >= 0.6 is 15.9 Å². The molecule has 0 aromatic carbocycles. The van der Waals surface area contributed by atoms with Gasteiger partial charge in [0.2, 0.25) is 0 Å². The molecule has 0 amide bonds. The highest BCUT2D eigenvalue weighted by atomic mass is 79.9. The molecule has 2 rings (SSSR count). The quantitative estimate of drug-likeness (QED) is 0.926. The molecule has 0 saturated carbocycles. The maximum Gasteiger partial charge on any atom is 0.0590 e. The molecule has 15 heavy (non-hydrogen) atoms. The zero-order chi connectivity index (χ0) is 10.5. The summed E-state index contributed by atoms with van der Waals surface area (Å²) in [6.45, 7) is 0.760. The molecule has 4 heteroatoms. The third-order valence-corrected chi connectivity index (χ3v) is 2.61. The van der Waals surface area contributed by atoms with E-state index in [4.69, 9.17) is 0 Å². The van der Waals surface area contributed by atoms with Crippen LogP contribution in [0.4, 0.5) is 5.69 Å². The maximum absolute atomic E-state index is 4.06. The van der Waals surface area contributed by atoms with E-state index in [1.807, 2.05) is 24.4 Å². The first-order valence-corrected chi connectivity index (χ1v) is 5.38. The van der Waals surface area contributed by atoms with E-state index in [-0.39, 0.29) is 0 Å². The number of rotatable bonds is 3. The lowest BCUT2D eigenvalue weighted by Crippen LogP contribution is -2.00. The Bertz CT molecular complexity index is 431. The zero-order valence-corrected chi connectivity index (χ0v) is 9.61. The van der Waals surface area contributed by atoms with Gasteiger partial charge in [-0.3, -0.25) is 9.97 Å². The monoisotopic (exact) mass is 263 g/mol. The fraction of sp³-hybridized carbons (Fsp3) is 0.0909. The molecule has 0 saturated heterocycles. The second-order valence-electron chi connectivity index (χ2n) is 3.07. The zero-order valence-electron chi connectivity index (χ0n) is 8.02. The van der Waals surface area contributed by atoms with E-state index in [0.717, 1.165) is 22.3 Å². The van der Waals surface area contributed by atoms with Gasteiger partial charge in [0.15, 0.2) is 0 Å². The van der Waals surface area contributed by atoms with Crippen LogP contribution in [-0.2, 0) is 6.54 Å². The number of halogens is 1. The van der Waals surface area contributed by atoms with Crippen LogP contribution in [0.5, 0.6) is 0 Å². The molecule has 2 aromatic heterocycles. The first kappa shape index (κ1) is 10.1. The summed E-state index contributed by atoms with van der Waals surface area (Å²) in [5.74, 6) is 0. The second-order valence-corrected chi connectivity index (χ2v) is 3.92. The SMILES string of the molecule is Brc1cnccc1NCc1cccnc1. The number of anilines is 1. The van der Waals surface area contributed by atoms with Gasteiger partial charge < -0.3 is 5.32 Å². The number of hydrogen-bond donors (Lipinski definition) is 1. The van der Waals surface area contributed by atoms with Gasteiger partial charge in [-0.2, -0.15) is 0 Å². The molecule has 1 N–H and O–H groups in total. The van der Waals surface area contributed by atoms with Crippen LogP contribution in [-0.4, -0.2) is 9.97 Å². The first-order valence-electron chi connectivity index (χ1n) is 4.58. The van der Waals surface area contributed by atoms with Crippen LogP contribution < -0.4 is 5.32 Å². The van der Waals surface area contributed by atoms with Gasteiger partial charge in [0.05, 0.1) is 10.2 Å². The molecule has 0 aliphatic heterocycles. The summed E-state index contributed by atoms with van der Waals surface area (Å²) >= 11 is 3.43. The summed E-state index contributed by atoms with van der Waals surface area (Å²) in [5.41, 5.74) is 2.19. The van der Waals surface area contributed by atoms with Gasteiger partial charge in [-0.05, 0) is 33.6 Å². The van der Waals surface area contributed by atoms with E-state index in [1.165, 1.54) is 0 Å². The minimum atomic E-state index is 0.760. The van der Waals surface area contributed by atoms with E-state index in [9.17, 15) is 0 Å². The summed E-state index contributed by atoms with van der Waals surface area (Å²) in [6, 6.07) is 5.90. The average molecular weight is 264 g/mol. The van der Waals surface area contributed by atoms with E-state index in [0.29, 0.717) is 0 Å². The van der Waals surface area contributed by atoms with Crippen LogP contribution in [0.1, 0.15) is 5.56 Å².